The second kappa shape index (κ2) is 6.69. The van der Waals surface area contributed by atoms with Crippen LogP contribution in [0.2, 0.25) is 4.34 Å². The summed E-state index contributed by atoms with van der Waals surface area (Å²) in [5, 5.41) is 12.9. The van der Waals surface area contributed by atoms with Gasteiger partial charge >= 0.3 is 5.97 Å². The third kappa shape index (κ3) is 2.69. The predicted molar refractivity (Wildman–Crippen MR) is 107 cm³/mol. The summed E-state index contributed by atoms with van der Waals surface area (Å²) in [7, 11) is 0. The number of fused-ring (bicyclic) bond motifs is 1. The Kier molecular flexibility index (Phi) is 4.56. The van der Waals surface area contributed by atoms with Gasteiger partial charge < -0.3 is 5.11 Å². The summed E-state index contributed by atoms with van der Waals surface area (Å²) in [4.78, 5) is 40.5. The number of rotatable bonds is 4. The Labute approximate surface area is 171 Å². The number of thiophene rings is 1. The lowest BCUT2D eigenvalue weighted by atomic mass is 9.81. The lowest BCUT2D eigenvalue weighted by Gasteiger charge is -2.27. The molecule has 3 heterocycles. The molecule has 8 heteroatoms. The number of hydrogen-bond acceptors (Lipinski definition) is 5. The fraction of sp³-hybridized carbons (Fsp3) is 0.350. The predicted octanol–water partition coefficient (Wildman–Crippen LogP) is 3.26. The summed E-state index contributed by atoms with van der Waals surface area (Å²) in [5.41, 5.74) is 0.0138. The van der Waals surface area contributed by atoms with Gasteiger partial charge in [-0.25, -0.2) is 4.90 Å². The highest BCUT2D eigenvalue weighted by atomic mass is 35.5. The Morgan fingerprint density at radius 2 is 1.89 bits per heavy atom. The number of aliphatic carboxylic acids is 1. The maximum atomic E-state index is 13.3. The van der Waals surface area contributed by atoms with Crippen molar-refractivity contribution in [2.45, 2.75) is 31.8 Å². The maximum Gasteiger partial charge on any atom is 0.324 e. The SMILES string of the molecule is CCc1ccc(N2C(=O)C3C(c4ccc(Cl)s4)NC(C)(C(=O)O)C3C2=O)cc1. The summed E-state index contributed by atoms with van der Waals surface area (Å²) in [6, 6.07) is 10.1. The van der Waals surface area contributed by atoms with Gasteiger partial charge in [0.1, 0.15) is 5.54 Å². The molecule has 2 aromatic rings. The summed E-state index contributed by atoms with van der Waals surface area (Å²) < 4.78 is 0.543. The zero-order valence-electron chi connectivity index (χ0n) is 15.3. The van der Waals surface area contributed by atoms with Gasteiger partial charge in [-0.3, -0.25) is 19.7 Å². The van der Waals surface area contributed by atoms with E-state index in [9.17, 15) is 19.5 Å². The minimum atomic E-state index is -1.54. The molecule has 2 aliphatic rings. The van der Waals surface area contributed by atoms with E-state index in [1.165, 1.54) is 18.3 Å². The Morgan fingerprint density at radius 3 is 2.43 bits per heavy atom. The van der Waals surface area contributed by atoms with E-state index in [0.717, 1.165) is 21.8 Å². The van der Waals surface area contributed by atoms with E-state index < -0.39 is 35.3 Å². The molecule has 2 N–H and O–H groups in total. The van der Waals surface area contributed by atoms with Crippen LogP contribution >= 0.6 is 22.9 Å². The van der Waals surface area contributed by atoms with Crippen molar-refractivity contribution in [1.82, 2.24) is 5.32 Å². The standard InChI is InChI=1S/C20H19ClN2O4S/c1-3-10-4-6-11(7-5-10)23-17(24)14-15(18(23)25)20(2,19(26)27)22-16(14)12-8-9-13(21)28-12/h4-9,14-16,22H,3H2,1-2H3,(H,26,27). The second-order valence-corrected chi connectivity index (χ2v) is 9.05. The number of nitrogens with one attached hydrogen (secondary N) is 1. The Hall–Kier alpha value is -2.22. The molecule has 2 fully saturated rings. The minimum absolute atomic E-state index is 0.383. The van der Waals surface area contributed by atoms with Gasteiger partial charge in [0, 0.05) is 4.88 Å². The van der Waals surface area contributed by atoms with E-state index in [-0.39, 0.29) is 5.91 Å². The summed E-state index contributed by atoms with van der Waals surface area (Å²) >= 11 is 7.33. The quantitative estimate of drug-likeness (QED) is 0.744. The van der Waals surface area contributed by atoms with Crippen LogP contribution in [0.25, 0.3) is 0 Å². The van der Waals surface area contributed by atoms with E-state index >= 15 is 0 Å². The zero-order valence-corrected chi connectivity index (χ0v) is 16.9. The van der Waals surface area contributed by atoms with Crippen LogP contribution in [0.3, 0.4) is 0 Å². The average Bonchev–Trinajstić information content (AvgIpc) is 3.31. The van der Waals surface area contributed by atoms with E-state index in [1.807, 2.05) is 19.1 Å². The number of carbonyl (C=O) groups is 3. The third-order valence-corrected chi connectivity index (χ3v) is 7.05. The highest BCUT2D eigenvalue weighted by Gasteiger charge is 2.67. The van der Waals surface area contributed by atoms with Crippen LogP contribution in [0.5, 0.6) is 0 Å². The van der Waals surface area contributed by atoms with Gasteiger partial charge in [0.15, 0.2) is 0 Å². The largest absolute Gasteiger partial charge is 0.480 e. The number of amides is 2. The topological polar surface area (TPSA) is 86.7 Å². The summed E-state index contributed by atoms with van der Waals surface area (Å²) in [6.07, 6.45) is 0.843. The lowest BCUT2D eigenvalue weighted by Crippen LogP contribution is -2.53. The molecule has 4 atom stereocenters. The zero-order chi connectivity index (χ0) is 20.2. The van der Waals surface area contributed by atoms with Crippen molar-refractivity contribution in [3.8, 4) is 0 Å². The molecule has 2 amide bonds. The van der Waals surface area contributed by atoms with Crippen LogP contribution in [-0.2, 0) is 20.8 Å². The Balaban J connectivity index is 1.79. The van der Waals surface area contributed by atoms with Gasteiger partial charge in [0.25, 0.3) is 0 Å². The molecule has 0 bridgehead atoms. The number of halogens is 1. The molecule has 0 radical (unpaired) electrons. The number of imide groups is 1. The number of anilines is 1. The molecule has 0 spiro atoms. The second-order valence-electron chi connectivity index (χ2n) is 7.31. The molecule has 28 heavy (non-hydrogen) atoms. The van der Waals surface area contributed by atoms with Gasteiger partial charge in [0.2, 0.25) is 11.8 Å². The van der Waals surface area contributed by atoms with Crippen molar-refractivity contribution in [3.63, 3.8) is 0 Å². The van der Waals surface area contributed by atoms with Crippen molar-refractivity contribution in [1.29, 1.82) is 0 Å². The molecule has 1 aromatic heterocycles. The first-order valence-corrected chi connectivity index (χ1v) is 10.2. The molecule has 4 rings (SSSR count). The number of carboxylic acids is 1. The Bertz CT molecular complexity index is 973. The molecule has 2 saturated heterocycles. The maximum absolute atomic E-state index is 13.3. The number of carbonyl (C=O) groups excluding carboxylic acids is 2. The van der Waals surface area contributed by atoms with Gasteiger partial charge in [-0.1, -0.05) is 30.7 Å². The van der Waals surface area contributed by atoms with Gasteiger partial charge in [-0.2, -0.15) is 0 Å². The molecular formula is C20H19ClN2O4S. The van der Waals surface area contributed by atoms with Crippen LogP contribution in [0.1, 0.15) is 30.3 Å². The first-order valence-electron chi connectivity index (χ1n) is 9.01. The van der Waals surface area contributed by atoms with E-state index in [2.05, 4.69) is 5.32 Å². The minimum Gasteiger partial charge on any atom is -0.480 e. The average molecular weight is 419 g/mol. The van der Waals surface area contributed by atoms with Crippen molar-refractivity contribution in [2.75, 3.05) is 4.90 Å². The van der Waals surface area contributed by atoms with Crippen molar-refractivity contribution in [2.24, 2.45) is 11.8 Å². The van der Waals surface area contributed by atoms with Crippen LogP contribution in [0.4, 0.5) is 5.69 Å². The molecule has 2 aliphatic heterocycles. The van der Waals surface area contributed by atoms with Crippen LogP contribution < -0.4 is 10.2 Å². The summed E-state index contributed by atoms with van der Waals surface area (Å²) in [6.45, 7) is 3.49. The first kappa shape index (κ1) is 19.1. The smallest absolute Gasteiger partial charge is 0.324 e. The van der Waals surface area contributed by atoms with Gasteiger partial charge in [-0.15, -0.1) is 11.3 Å². The fourth-order valence-electron chi connectivity index (χ4n) is 4.21. The molecule has 0 saturated carbocycles. The van der Waals surface area contributed by atoms with E-state index in [1.54, 1.807) is 24.3 Å². The molecule has 0 aliphatic carbocycles. The van der Waals surface area contributed by atoms with Crippen LogP contribution in [0, 0.1) is 11.8 Å². The van der Waals surface area contributed by atoms with Crippen molar-refractivity contribution < 1.29 is 19.5 Å². The molecule has 1 aromatic carbocycles. The highest BCUT2D eigenvalue weighted by Crippen LogP contribution is 2.50. The molecule has 6 nitrogen and oxygen atoms in total. The number of hydrogen-bond donors (Lipinski definition) is 2. The van der Waals surface area contributed by atoms with Crippen molar-refractivity contribution in [3.05, 3.63) is 51.2 Å². The van der Waals surface area contributed by atoms with Gasteiger partial charge in [-0.05, 0) is 43.2 Å². The first-order chi connectivity index (χ1) is 13.3. The van der Waals surface area contributed by atoms with E-state index in [0.29, 0.717) is 10.0 Å². The normalized spacial score (nSPS) is 29.4. The number of nitrogens with zero attached hydrogens (tertiary/aromatic N) is 1. The molecule has 146 valence electrons. The van der Waals surface area contributed by atoms with Crippen LogP contribution in [-0.4, -0.2) is 28.4 Å². The number of carboxylic acid groups (broad SMARTS) is 1. The van der Waals surface area contributed by atoms with E-state index in [4.69, 9.17) is 11.6 Å². The van der Waals surface area contributed by atoms with Gasteiger partial charge in [0.05, 0.1) is 27.9 Å². The number of benzene rings is 1. The molecular weight excluding hydrogens is 400 g/mol. The lowest BCUT2D eigenvalue weighted by molar-refractivity contribution is -0.147. The van der Waals surface area contributed by atoms with Crippen molar-refractivity contribution >= 4 is 46.4 Å². The summed E-state index contributed by atoms with van der Waals surface area (Å²) in [5.74, 6) is -3.81. The molecule has 4 unspecified atom stereocenters. The monoisotopic (exact) mass is 418 g/mol. The van der Waals surface area contributed by atoms with Crippen LogP contribution in [0.15, 0.2) is 36.4 Å². The fourth-order valence-corrected chi connectivity index (χ4v) is 5.37. The number of aryl methyl sites for hydroxylation is 1. The third-order valence-electron chi connectivity index (χ3n) is 5.74. The Morgan fingerprint density at radius 1 is 1.21 bits per heavy atom. The highest BCUT2D eigenvalue weighted by molar-refractivity contribution is 7.16.